The molecule has 102 valence electrons. The van der Waals surface area contributed by atoms with E-state index in [1.807, 2.05) is 18.2 Å². The summed E-state index contributed by atoms with van der Waals surface area (Å²) < 4.78 is 0. The lowest BCUT2D eigenvalue weighted by Crippen LogP contribution is -2.41. The molecule has 1 aliphatic heterocycles. The Balaban J connectivity index is 1.58. The summed E-state index contributed by atoms with van der Waals surface area (Å²) >= 11 is 0. The summed E-state index contributed by atoms with van der Waals surface area (Å²) in [6.45, 7) is 2.98. The molecule has 1 saturated carbocycles. The van der Waals surface area contributed by atoms with Crippen LogP contribution < -0.4 is 10.6 Å². The molecule has 1 amide bonds. The van der Waals surface area contributed by atoms with E-state index in [4.69, 9.17) is 0 Å². The van der Waals surface area contributed by atoms with Crippen LogP contribution in [0.15, 0.2) is 30.3 Å². The standard InChI is InChI=1S/C16H22N2O/c19-15(18-12-13-5-4-10-17-11-13)16(8-9-16)14-6-2-1-3-7-14/h1-3,6-7,13,17H,4-5,8-12H2,(H,18,19). The number of amides is 1. The maximum Gasteiger partial charge on any atom is 0.230 e. The summed E-state index contributed by atoms with van der Waals surface area (Å²) in [6, 6.07) is 10.2. The van der Waals surface area contributed by atoms with Crippen molar-refractivity contribution < 1.29 is 4.79 Å². The Hall–Kier alpha value is -1.35. The van der Waals surface area contributed by atoms with Gasteiger partial charge in [0.15, 0.2) is 0 Å². The number of benzene rings is 1. The van der Waals surface area contributed by atoms with Crippen molar-refractivity contribution in [2.45, 2.75) is 31.1 Å². The van der Waals surface area contributed by atoms with Gasteiger partial charge in [0.1, 0.15) is 0 Å². The van der Waals surface area contributed by atoms with E-state index in [1.54, 1.807) is 0 Å². The number of carbonyl (C=O) groups is 1. The first-order valence-corrected chi connectivity index (χ1v) is 7.36. The summed E-state index contributed by atoms with van der Waals surface area (Å²) in [4.78, 5) is 12.4. The lowest BCUT2D eigenvalue weighted by molar-refractivity contribution is -0.123. The van der Waals surface area contributed by atoms with Crippen molar-refractivity contribution in [3.63, 3.8) is 0 Å². The number of carbonyl (C=O) groups excluding carboxylic acids is 1. The number of rotatable bonds is 4. The van der Waals surface area contributed by atoms with Crippen LogP contribution in [0.2, 0.25) is 0 Å². The first-order valence-electron chi connectivity index (χ1n) is 7.36. The third-order valence-electron chi connectivity index (χ3n) is 4.46. The van der Waals surface area contributed by atoms with Crippen molar-refractivity contribution in [1.82, 2.24) is 10.6 Å². The molecule has 0 spiro atoms. The van der Waals surface area contributed by atoms with E-state index in [-0.39, 0.29) is 11.3 Å². The van der Waals surface area contributed by atoms with Gasteiger partial charge >= 0.3 is 0 Å². The van der Waals surface area contributed by atoms with Gasteiger partial charge in [0.25, 0.3) is 0 Å². The average Bonchev–Trinajstić information content (AvgIpc) is 3.28. The summed E-state index contributed by atoms with van der Waals surface area (Å²) in [5.74, 6) is 0.827. The van der Waals surface area contributed by atoms with Crippen molar-refractivity contribution >= 4 is 5.91 Å². The second-order valence-electron chi connectivity index (χ2n) is 5.87. The highest BCUT2D eigenvalue weighted by Gasteiger charge is 2.51. The minimum atomic E-state index is -0.219. The third-order valence-corrected chi connectivity index (χ3v) is 4.46. The molecule has 3 nitrogen and oxygen atoms in total. The van der Waals surface area contributed by atoms with Gasteiger partial charge in [0, 0.05) is 6.54 Å². The Kier molecular flexibility index (Phi) is 3.56. The van der Waals surface area contributed by atoms with Crippen LogP contribution >= 0.6 is 0 Å². The fraction of sp³-hybridized carbons (Fsp3) is 0.562. The van der Waals surface area contributed by atoms with E-state index in [0.717, 1.165) is 32.5 Å². The normalized spacial score (nSPS) is 24.7. The Labute approximate surface area is 114 Å². The molecule has 1 heterocycles. The predicted octanol–water partition coefficient (Wildman–Crippen LogP) is 1.83. The molecule has 0 radical (unpaired) electrons. The Bertz CT molecular complexity index is 433. The molecule has 0 aromatic heterocycles. The summed E-state index contributed by atoms with van der Waals surface area (Å²) in [5.41, 5.74) is 0.956. The van der Waals surface area contributed by atoms with Gasteiger partial charge in [-0.05, 0) is 50.3 Å². The molecule has 1 unspecified atom stereocenters. The van der Waals surface area contributed by atoms with Crippen LogP contribution in [0.4, 0.5) is 0 Å². The van der Waals surface area contributed by atoms with Gasteiger partial charge in [0.2, 0.25) is 5.91 Å². The van der Waals surface area contributed by atoms with E-state index in [2.05, 4.69) is 22.8 Å². The SMILES string of the molecule is O=C(NCC1CCCNC1)C1(c2ccccc2)CC1. The van der Waals surface area contributed by atoms with E-state index >= 15 is 0 Å². The van der Waals surface area contributed by atoms with Crippen LogP contribution in [0.5, 0.6) is 0 Å². The number of nitrogens with one attached hydrogen (secondary N) is 2. The number of piperidine rings is 1. The quantitative estimate of drug-likeness (QED) is 0.865. The molecule has 2 fully saturated rings. The van der Waals surface area contributed by atoms with Crippen molar-refractivity contribution in [3.05, 3.63) is 35.9 Å². The van der Waals surface area contributed by atoms with Crippen LogP contribution in [0, 0.1) is 5.92 Å². The molecule has 1 aliphatic carbocycles. The summed E-state index contributed by atoms with van der Waals surface area (Å²) in [6.07, 6.45) is 4.44. The maximum absolute atomic E-state index is 12.4. The second-order valence-corrected chi connectivity index (χ2v) is 5.87. The Morgan fingerprint density at radius 1 is 1.32 bits per heavy atom. The topological polar surface area (TPSA) is 41.1 Å². The fourth-order valence-corrected chi connectivity index (χ4v) is 3.03. The molecule has 3 rings (SSSR count). The Morgan fingerprint density at radius 2 is 2.11 bits per heavy atom. The minimum absolute atomic E-state index is 0.219. The molecular weight excluding hydrogens is 236 g/mol. The largest absolute Gasteiger partial charge is 0.355 e. The molecular formula is C16H22N2O. The maximum atomic E-state index is 12.4. The molecule has 0 bridgehead atoms. The molecule has 19 heavy (non-hydrogen) atoms. The Morgan fingerprint density at radius 3 is 2.74 bits per heavy atom. The van der Waals surface area contributed by atoms with Gasteiger partial charge in [-0.3, -0.25) is 4.79 Å². The zero-order valence-corrected chi connectivity index (χ0v) is 11.3. The van der Waals surface area contributed by atoms with Gasteiger partial charge in [0.05, 0.1) is 5.41 Å². The van der Waals surface area contributed by atoms with Crippen LogP contribution in [-0.4, -0.2) is 25.5 Å². The van der Waals surface area contributed by atoms with E-state index in [0.29, 0.717) is 5.92 Å². The van der Waals surface area contributed by atoms with Crippen LogP contribution in [-0.2, 0) is 10.2 Å². The molecule has 2 aliphatic rings. The number of hydrogen-bond donors (Lipinski definition) is 2. The van der Waals surface area contributed by atoms with Gasteiger partial charge in [-0.25, -0.2) is 0 Å². The van der Waals surface area contributed by atoms with Crippen molar-refractivity contribution in [1.29, 1.82) is 0 Å². The first-order chi connectivity index (χ1) is 9.31. The summed E-state index contributed by atoms with van der Waals surface area (Å²) in [5, 5.41) is 6.57. The van der Waals surface area contributed by atoms with Crippen LogP contribution in [0.3, 0.4) is 0 Å². The molecule has 1 aromatic rings. The zero-order valence-electron chi connectivity index (χ0n) is 11.3. The highest BCUT2D eigenvalue weighted by Crippen LogP contribution is 2.48. The first kappa shape index (κ1) is 12.7. The third kappa shape index (κ3) is 2.66. The van der Waals surface area contributed by atoms with Gasteiger partial charge < -0.3 is 10.6 Å². The highest BCUT2D eigenvalue weighted by molar-refractivity contribution is 5.91. The van der Waals surface area contributed by atoms with Gasteiger partial charge in [-0.1, -0.05) is 30.3 Å². The smallest absolute Gasteiger partial charge is 0.230 e. The minimum Gasteiger partial charge on any atom is -0.355 e. The van der Waals surface area contributed by atoms with Gasteiger partial charge in [-0.15, -0.1) is 0 Å². The molecule has 1 saturated heterocycles. The monoisotopic (exact) mass is 258 g/mol. The predicted molar refractivity (Wildman–Crippen MR) is 76.0 cm³/mol. The molecule has 1 atom stereocenters. The molecule has 2 N–H and O–H groups in total. The van der Waals surface area contributed by atoms with Gasteiger partial charge in [-0.2, -0.15) is 0 Å². The van der Waals surface area contributed by atoms with Crippen LogP contribution in [0.1, 0.15) is 31.2 Å². The second kappa shape index (κ2) is 5.33. The van der Waals surface area contributed by atoms with Crippen molar-refractivity contribution in [2.75, 3.05) is 19.6 Å². The molecule has 3 heteroatoms. The summed E-state index contributed by atoms with van der Waals surface area (Å²) in [7, 11) is 0. The van der Waals surface area contributed by atoms with E-state index in [1.165, 1.54) is 18.4 Å². The highest BCUT2D eigenvalue weighted by atomic mass is 16.2. The lowest BCUT2D eigenvalue weighted by Gasteiger charge is -2.24. The molecule has 1 aromatic carbocycles. The average molecular weight is 258 g/mol. The van der Waals surface area contributed by atoms with Crippen molar-refractivity contribution in [2.24, 2.45) is 5.92 Å². The van der Waals surface area contributed by atoms with E-state index in [9.17, 15) is 4.79 Å². The van der Waals surface area contributed by atoms with Crippen LogP contribution in [0.25, 0.3) is 0 Å². The van der Waals surface area contributed by atoms with E-state index < -0.39 is 0 Å². The fourth-order valence-electron chi connectivity index (χ4n) is 3.03. The lowest BCUT2D eigenvalue weighted by atomic mass is 9.94. The van der Waals surface area contributed by atoms with Crippen molar-refractivity contribution in [3.8, 4) is 0 Å². The zero-order chi connectivity index (χ0) is 13.1. The number of hydrogen-bond acceptors (Lipinski definition) is 2.